The highest BCUT2D eigenvalue weighted by molar-refractivity contribution is 5.88. The molecular weight excluding hydrogens is 380 g/mol. The molecule has 3 heterocycles. The first-order valence-corrected chi connectivity index (χ1v) is 10.5. The number of benzene rings is 1. The van der Waals surface area contributed by atoms with E-state index < -0.39 is 0 Å². The monoisotopic (exact) mass is 410 g/mol. The number of carbonyl (C=O) groups excluding carboxylic acids is 1. The van der Waals surface area contributed by atoms with Crippen molar-refractivity contribution < 1.29 is 9.53 Å². The van der Waals surface area contributed by atoms with Crippen LogP contribution < -0.4 is 16.0 Å². The molecule has 2 aliphatic heterocycles. The SMILES string of the molecule is CC(Nc1nccc(N2CCOC2=O)n1)c1ccc(CN2CCC(C)(N)CC2)cc1. The van der Waals surface area contributed by atoms with Gasteiger partial charge in [-0.25, -0.2) is 9.78 Å². The van der Waals surface area contributed by atoms with E-state index in [1.807, 2.05) is 0 Å². The molecule has 0 bridgehead atoms. The molecule has 8 nitrogen and oxygen atoms in total. The number of aromatic nitrogens is 2. The Balaban J connectivity index is 1.35. The van der Waals surface area contributed by atoms with Gasteiger partial charge in [0.25, 0.3) is 0 Å². The number of piperidine rings is 1. The Kier molecular flexibility index (Phi) is 5.87. The van der Waals surface area contributed by atoms with Gasteiger partial charge < -0.3 is 15.8 Å². The number of likely N-dealkylation sites (tertiary alicyclic amines) is 1. The van der Waals surface area contributed by atoms with E-state index in [0.717, 1.165) is 38.0 Å². The number of ether oxygens (including phenoxy) is 1. The number of nitrogens with two attached hydrogens (primary N) is 1. The van der Waals surface area contributed by atoms with Gasteiger partial charge in [-0.3, -0.25) is 9.80 Å². The third kappa shape index (κ3) is 4.88. The first kappa shape index (κ1) is 20.6. The third-order valence-corrected chi connectivity index (χ3v) is 5.91. The highest BCUT2D eigenvalue weighted by atomic mass is 16.6. The minimum Gasteiger partial charge on any atom is -0.447 e. The summed E-state index contributed by atoms with van der Waals surface area (Å²) in [6.45, 7) is 8.15. The largest absolute Gasteiger partial charge is 0.447 e. The van der Waals surface area contributed by atoms with Crippen LogP contribution in [0.15, 0.2) is 36.5 Å². The fourth-order valence-electron chi connectivity index (χ4n) is 3.84. The number of rotatable bonds is 6. The number of cyclic esters (lactones) is 1. The summed E-state index contributed by atoms with van der Waals surface area (Å²) in [4.78, 5) is 24.5. The molecule has 0 spiro atoms. The molecule has 3 N–H and O–H groups in total. The number of anilines is 2. The molecule has 2 aromatic rings. The van der Waals surface area contributed by atoms with Crippen molar-refractivity contribution in [3.8, 4) is 0 Å². The van der Waals surface area contributed by atoms with Crippen molar-refractivity contribution >= 4 is 17.9 Å². The summed E-state index contributed by atoms with van der Waals surface area (Å²) < 4.78 is 4.98. The van der Waals surface area contributed by atoms with E-state index in [9.17, 15) is 4.79 Å². The maximum absolute atomic E-state index is 11.7. The van der Waals surface area contributed by atoms with Gasteiger partial charge in [-0.15, -0.1) is 0 Å². The Hall–Kier alpha value is -2.71. The van der Waals surface area contributed by atoms with Crippen LogP contribution in [-0.2, 0) is 11.3 Å². The lowest BCUT2D eigenvalue weighted by atomic mass is 9.91. The minimum atomic E-state index is -0.368. The average Bonchev–Trinajstić information content (AvgIpc) is 3.16. The summed E-state index contributed by atoms with van der Waals surface area (Å²) in [5.41, 5.74) is 8.67. The molecule has 1 amide bonds. The van der Waals surface area contributed by atoms with Gasteiger partial charge in [-0.05, 0) is 43.9 Å². The molecule has 2 aliphatic rings. The number of carbonyl (C=O) groups is 1. The molecule has 1 aromatic carbocycles. The second-order valence-corrected chi connectivity index (χ2v) is 8.54. The van der Waals surface area contributed by atoms with Crippen LogP contribution in [0.5, 0.6) is 0 Å². The molecule has 8 heteroatoms. The molecule has 0 radical (unpaired) electrons. The van der Waals surface area contributed by atoms with E-state index in [-0.39, 0.29) is 17.7 Å². The fraction of sp³-hybridized carbons (Fsp3) is 0.500. The number of hydrogen-bond donors (Lipinski definition) is 2. The molecule has 1 unspecified atom stereocenters. The molecule has 2 fully saturated rings. The first-order valence-electron chi connectivity index (χ1n) is 10.5. The Morgan fingerprint density at radius 1 is 1.20 bits per heavy atom. The third-order valence-electron chi connectivity index (χ3n) is 5.91. The topological polar surface area (TPSA) is 96.6 Å². The van der Waals surface area contributed by atoms with Gasteiger partial charge in [-0.2, -0.15) is 4.98 Å². The zero-order valence-corrected chi connectivity index (χ0v) is 17.7. The Labute approximate surface area is 177 Å². The first-order chi connectivity index (χ1) is 14.4. The van der Waals surface area contributed by atoms with Crippen LogP contribution in [0, 0.1) is 0 Å². The smallest absolute Gasteiger partial charge is 0.415 e. The van der Waals surface area contributed by atoms with Crippen LogP contribution in [0.2, 0.25) is 0 Å². The van der Waals surface area contributed by atoms with Crippen molar-refractivity contribution in [1.29, 1.82) is 0 Å². The summed E-state index contributed by atoms with van der Waals surface area (Å²) >= 11 is 0. The number of nitrogens with one attached hydrogen (secondary N) is 1. The van der Waals surface area contributed by atoms with Gasteiger partial charge in [0.05, 0.1) is 12.6 Å². The predicted molar refractivity (Wildman–Crippen MR) is 116 cm³/mol. The van der Waals surface area contributed by atoms with Crippen LogP contribution in [0.3, 0.4) is 0 Å². The highest BCUT2D eigenvalue weighted by Gasteiger charge is 2.26. The van der Waals surface area contributed by atoms with Gasteiger partial charge in [0.15, 0.2) is 0 Å². The molecule has 0 saturated carbocycles. The highest BCUT2D eigenvalue weighted by Crippen LogP contribution is 2.23. The Bertz CT molecular complexity index is 875. The summed E-state index contributed by atoms with van der Waals surface area (Å²) in [6.07, 6.45) is 3.37. The van der Waals surface area contributed by atoms with Crippen LogP contribution in [0.4, 0.5) is 16.6 Å². The molecule has 1 atom stereocenters. The van der Waals surface area contributed by atoms with Crippen molar-refractivity contribution in [2.45, 2.75) is 44.8 Å². The molecule has 160 valence electrons. The van der Waals surface area contributed by atoms with Gasteiger partial charge >= 0.3 is 6.09 Å². The van der Waals surface area contributed by atoms with Gasteiger partial charge in [0.1, 0.15) is 12.4 Å². The number of hydrogen-bond acceptors (Lipinski definition) is 7. The van der Waals surface area contributed by atoms with E-state index in [1.54, 1.807) is 12.3 Å². The molecular formula is C22H30N6O2. The molecule has 4 rings (SSSR count). The van der Waals surface area contributed by atoms with Crippen LogP contribution >= 0.6 is 0 Å². The second kappa shape index (κ2) is 8.57. The Morgan fingerprint density at radius 2 is 1.93 bits per heavy atom. The van der Waals surface area contributed by atoms with E-state index in [4.69, 9.17) is 10.5 Å². The van der Waals surface area contributed by atoms with Crippen molar-refractivity contribution in [3.05, 3.63) is 47.7 Å². The fourth-order valence-corrected chi connectivity index (χ4v) is 3.84. The number of nitrogens with zero attached hydrogens (tertiary/aromatic N) is 4. The van der Waals surface area contributed by atoms with E-state index in [0.29, 0.717) is 24.9 Å². The summed E-state index contributed by atoms with van der Waals surface area (Å²) in [7, 11) is 0. The summed E-state index contributed by atoms with van der Waals surface area (Å²) in [6, 6.07) is 10.4. The molecule has 2 saturated heterocycles. The molecule has 30 heavy (non-hydrogen) atoms. The summed E-state index contributed by atoms with van der Waals surface area (Å²) in [5.74, 6) is 1.04. The molecule has 0 aliphatic carbocycles. The van der Waals surface area contributed by atoms with E-state index >= 15 is 0 Å². The minimum absolute atomic E-state index is 0.0179. The van der Waals surface area contributed by atoms with Gasteiger partial charge in [-0.1, -0.05) is 24.3 Å². The van der Waals surface area contributed by atoms with Gasteiger partial charge in [0.2, 0.25) is 5.95 Å². The lowest BCUT2D eigenvalue weighted by Gasteiger charge is -2.36. The Morgan fingerprint density at radius 3 is 2.60 bits per heavy atom. The van der Waals surface area contributed by atoms with Crippen molar-refractivity contribution in [3.63, 3.8) is 0 Å². The average molecular weight is 411 g/mol. The predicted octanol–water partition coefficient (Wildman–Crippen LogP) is 2.92. The van der Waals surface area contributed by atoms with Crippen molar-refractivity contribution in [2.24, 2.45) is 5.73 Å². The van der Waals surface area contributed by atoms with E-state index in [1.165, 1.54) is 10.5 Å². The number of amides is 1. The van der Waals surface area contributed by atoms with Gasteiger partial charge in [0, 0.05) is 31.4 Å². The molecule has 1 aromatic heterocycles. The van der Waals surface area contributed by atoms with Crippen LogP contribution in [0.25, 0.3) is 0 Å². The second-order valence-electron chi connectivity index (χ2n) is 8.54. The normalized spacial score (nSPS) is 20.1. The lowest BCUT2D eigenvalue weighted by Crippen LogP contribution is -2.47. The maximum atomic E-state index is 11.7. The zero-order chi connectivity index (χ0) is 21.1. The van der Waals surface area contributed by atoms with Crippen LogP contribution in [0.1, 0.15) is 43.9 Å². The standard InChI is InChI=1S/C22H30N6O2/c1-16(25-20-24-10-7-19(26-20)28-13-14-30-21(28)29)18-5-3-17(4-6-18)15-27-11-8-22(2,23)9-12-27/h3-7,10,16H,8-9,11-15,23H2,1-2H3,(H,24,25,26). The van der Waals surface area contributed by atoms with Crippen molar-refractivity contribution in [2.75, 3.05) is 36.5 Å². The van der Waals surface area contributed by atoms with Crippen molar-refractivity contribution in [1.82, 2.24) is 14.9 Å². The van der Waals surface area contributed by atoms with E-state index in [2.05, 4.69) is 58.3 Å². The lowest BCUT2D eigenvalue weighted by molar-refractivity contribution is 0.165. The quantitative estimate of drug-likeness (QED) is 0.756. The van der Waals surface area contributed by atoms with Crippen LogP contribution in [-0.4, -0.2) is 52.7 Å². The zero-order valence-electron chi connectivity index (χ0n) is 17.7. The summed E-state index contributed by atoms with van der Waals surface area (Å²) in [5, 5.41) is 3.32. The maximum Gasteiger partial charge on any atom is 0.415 e.